The van der Waals surface area contributed by atoms with Gasteiger partial charge in [0.2, 0.25) is 0 Å². The first-order chi connectivity index (χ1) is 7.84. The Hall–Kier alpha value is -1.80. The molecule has 0 saturated carbocycles. The molecular formula is C13H9ClN2. The third-order valence-corrected chi connectivity index (χ3v) is 2.78. The monoisotopic (exact) mass is 228 g/mol. The summed E-state index contributed by atoms with van der Waals surface area (Å²) in [5.74, 6) is 0.807. The Kier molecular flexibility index (Phi) is 2.15. The lowest BCUT2D eigenvalue weighted by Gasteiger charge is -2.03. The van der Waals surface area contributed by atoms with Crippen LogP contribution in [0.5, 0.6) is 0 Å². The number of hydrogen-bond acceptors (Lipinski definition) is 1. The van der Waals surface area contributed by atoms with Gasteiger partial charge in [-0.2, -0.15) is 0 Å². The number of halogens is 1. The van der Waals surface area contributed by atoms with Gasteiger partial charge in [-0.15, -0.1) is 0 Å². The van der Waals surface area contributed by atoms with E-state index in [1.54, 1.807) is 6.20 Å². The normalized spacial score (nSPS) is 10.8. The van der Waals surface area contributed by atoms with Crippen LogP contribution in [0, 0.1) is 0 Å². The largest absolute Gasteiger partial charge is 0.329 e. The highest BCUT2D eigenvalue weighted by Crippen LogP contribution is 2.26. The topological polar surface area (TPSA) is 28.7 Å². The number of aromatic amines is 1. The highest BCUT2D eigenvalue weighted by atomic mass is 35.5. The third-order valence-electron chi connectivity index (χ3n) is 2.59. The average Bonchev–Trinajstić information content (AvgIpc) is 2.75. The van der Waals surface area contributed by atoms with Crippen LogP contribution < -0.4 is 0 Å². The van der Waals surface area contributed by atoms with Crippen LogP contribution in [0.1, 0.15) is 0 Å². The van der Waals surface area contributed by atoms with Crippen molar-refractivity contribution in [2.24, 2.45) is 0 Å². The van der Waals surface area contributed by atoms with E-state index in [0.29, 0.717) is 5.15 Å². The second kappa shape index (κ2) is 3.65. The number of rotatable bonds is 1. The molecule has 3 rings (SSSR count). The smallest absolute Gasteiger partial charge is 0.139 e. The summed E-state index contributed by atoms with van der Waals surface area (Å²) in [4.78, 5) is 7.29. The first-order valence-corrected chi connectivity index (χ1v) is 5.41. The Bertz CT molecular complexity index is 638. The summed E-state index contributed by atoms with van der Waals surface area (Å²) in [6.07, 6.45) is 1.62. The molecule has 2 nitrogen and oxygen atoms in total. The number of imidazole rings is 1. The van der Waals surface area contributed by atoms with Crippen molar-refractivity contribution < 1.29 is 0 Å². The number of H-pyrrole nitrogens is 1. The molecule has 2 aromatic carbocycles. The number of aromatic nitrogens is 2. The van der Waals surface area contributed by atoms with Crippen LogP contribution in [0.2, 0.25) is 5.15 Å². The summed E-state index contributed by atoms with van der Waals surface area (Å²) in [6, 6.07) is 14.4. The lowest BCUT2D eigenvalue weighted by molar-refractivity contribution is 1.32. The van der Waals surface area contributed by atoms with Crippen LogP contribution in [0.4, 0.5) is 0 Å². The molecule has 0 aliphatic carbocycles. The minimum atomic E-state index is 0.558. The molecule has 16 heavy (non-hydrogen) atoms. The van der Waals surface area contributed by atoms with Crippen molar-refractivity contribution in [1.82, 2.24) is 9.97 Å². The molecule has 0 saturated heterocycles. The molecule has 0 bridgehead atoms. The fourth-order valence-electron chi connectivity index (χ4n) is 1.87. The number of fused-ring (bicyclic) bond motifs is 1. The molecule has 78 valence electrons. The van der Waals surface area contributed by atoms with Crippen LogP contribution in [-0.2, 0) is 0 Å². The molecule has 0 aliphatic rings. The van der Waals surface area contributed by atoms with Gasteiger partial charge >= 0.3 is 0 Å². The highest BCUT2D eigenvalue weighted by molar-refractivity contribution is 6.29. The predicted molar refractivity (Wildman–Crippen MR) is 66.5 cm³/mol. The summed E-state index contributed by atoms with van der Waals surface area (Å²) in [6.45, 7) is 0. The summed E-state index contributed by atoms with van der Waals surface area (Å²) >= 11 is 5.84. The molecule has 1 heterocycles. The van der Waals surface area contributed by atoms with Crippen LogP contribution >= 0.6 is 11.6 Å². The van der Waals surface area contributed by atoms with Gasteiger partial charge in [0.15, 0.2) is 0 Å². The second-order valence-corrected chi connectivity index (χ2v) is 4.01. The van der Waals surface area contributed by atoms with E-state index in [1.165, 1.54) is 10.8 Å². The van der Waals surface area contributed by atoms with E-state index in [2.05, 4.69) is 28.2 Å². The molecule has 0 aliphatic heterocycles. The Balaban J connectivity index is 2.31. The lowest BCUT2D eigenvalue weighted by atomic mass is 10.0. The van der Waals surface area contributed by atoms with Crippen molar-refractivity contribution in [1.29, 1.82) is 0 Å². The van der Waals surface area contributed by atoms with Gasteiger partial charge in [0.1, 0.15) is 11.0 Å². The quantitative estimate of drug-likeness (QED) is 0.673. The van der Waals surface area contributed by atoms with E-state index in [1.807, 2.05) is 24.3 Å². The molecular weight excluding hydrogens is 220 g/mol. The van der Waals surface area contributed by atoms with E-state index in [4.69, 9.17) is 11.6 Å². The molecule has 3 aromatic rings. The van der Waals surface area contributed by atoms with E-state index >= 15 is 0 Å². The maximum atomic E-state index is 5.84. The number of nitrogens with one attached hydrogen (secondary N) is 1. The molecule has 0 unspecified atom stereocenters. The van der Waals surface area contributed by atoms with Crippen molar-refractivity contribution in [2.75, 3.05) is 0 Å². The van der Waals surface area contributed by atoms with Gasteiger partial charge < -0.3 is 4.98 Å². The maximum Gasteiger partial charge on any atom is 0.139 e. The summed E-state index contributed by atoms with van der Waals surface area (Å²) in [5, 5.41) is 2.94. The zero-order valence-electron chi connectivity index (χ0n) is 8.44. The predicted octanol–water partition coefficient (Wildman–Crippen LogP) is 3.88. The van der Waals surface area contributed by atoms with Gasteiger partial charge in [-0.25, -0.2) is 4.98 Å². The minimum Gasteiger partial charge on any atom is -0.329 e. The van der Waals surface area contributed by atoms with Crippen molar-refractivity contribution >= 4 is 22.4 Å². The maximum absolute atomic E-state index is 5.84. The van der Waals surface area contributed by atoms with Crippen molar-refractivity contribution in [3.8, 4) is 11.4 Å². The Morgan fingerprint density at radius 3 is 2.62 bits per heavy atom. The van der Waals surface area contributed by atoms with Gasteiger partial charge in [0, 0.05) is 5.56 Å². The molecule has 1 aromatic heterocycles. The molecule has 0 fully saturated rings. The first kappa shape index (κ1) is 9.43. The molecule has 3 heteroatoms. The Labute approximate surface area is 97.9 Å². The third kappa shape index (κ3) is 1.48. The van der Waals surface area contributed by atoms with Gasteiger partial charge in [-0.1, -0.05) is 54.1 Å². The molecule has 0 radical (unpaired) electrons. The lowest BCUT2D eigenvalue weighted by Crippen LogP contribution is -1.82. The van der Waals surface area contributed by atoms with Crippen LogP contribution in [0.15, 0.2) is 48.7 Å². The zero-order valence-corrected chi connectivity index (χ0v) is 9.20. The van der Waals surface area contributed by atoms with Crippen molar-refractivity contribution in [3.63, 3.8) is 0 Å². The van der Waals surface area contributed by atoms with E-state index in [0.717, 1.165) is 11.4 Å². The van der Waals surface area contributed by atoms with Gasteiger partial charge in [0.05, 0.1) is 6.20 Å². The summed E-state index contributed by atoms with van der Waals surface area (Å²) < 4.78 is 0. The fourth-order valence-corrected chi connectivity index (χ4v) is 2.01. The first-order valence-electron chi connectivity index (χ1n) is 5.03. The van der Waals surface area contributed by atoms with E-state index < -0.39 is 0 Å². The standard InChI is InChI=1S/C13H9ClN2/c14-12-8-15-13(16-12)11-7-3-5-9-4-1-2-6-10(9)11/h1-8H,(H,15,16). The molecule has 0 spiro atoms. The summed E-state index contributed by atoms with van der Waals surface area (Å²) in [5.41, 5.74) is 1.07. The highest BCUT2D eigenvalue weighted by Gasteiger charge is 2.05. The van der Waals surface area contributed by atoms with Gasteiger partial charge in [-0.3, -0.25) is 0 Å². The SMILES string of the molecule is Clc1cnc(-c2cccc3ccccc23)[nH]1. The van der Waals surface area contributed by atoms with Crippen LogP contribution in [0.25, 0.3) is 22.2 Å². The molecule has 0 atom stereocenters. The minimum absolute atomic E-state index is 0.558. The van der Waals surface area contributed by atoms with E-state index in [-0.39, 0.29) is 0 Å². The Morgan fingerprint density at radius 2 is 1.81 bits per heavy atom. The van der Waals surface area contributed by atoms with Gasteiger partial charge in [-0.05, 0) is 10.8 Å². The Morgan fingerprint density at radius 1 is 1.00 bits per heavy atom. The average molecular weight is 229 g/mol. The van der Waals surface area contributed by atoms with Crippen LogP contribution in [-0.4, -0.2) is 9.97 Å². The van der Waals surface area contributed by atoms with E-state index in [9.17, 15) is 0 Å². The molecule has 0 amide bonds. The zero-order chi connectivity index (χ0) is 11.0. The summed E-state index contributed by atoms with van der Waals surface area (Å²) in [7, 11) is 0. The molecule has 1 N–H and O–H groups in total. The number of hydrogen-bond donors (Lipinski definition) is 1. The van der Waals surface area contributed by atoms with Crippen molar-refractivity contribution in [2.45, 2.75) is 0 Å². The van der Waals surface area contributed by atoms with Crippen LogP contribution in [0.3, 0.4) is 0 Å². The fraction of sp³-hybridized carbons (Fsp3) is 0. The number of nitrogens with zero attached hydrogens (tertiary/aromatic N) is 1. The van der Waals surface area contributed by atoms with Crippen molar-refractivity contribution in [3.05, 3.63) is 53.8 Å². The second-order valence-electron chi connectivity index (χ2n) is 3.61. The van der Waals surface area contributed by atoms with Gasteiger partial charge in [0.25, 0.3) is 0 Å². The number of benzene rings is 2.